The number of benzene rings is 3. The van der Waals surface area contributed by atoms with Crippen LogP contribution in [-0.2, 0) is 20.2 Å². The molecule has 0 aliphatic carbocycles. The van der Waals surface area contributed by atoms with Gasteiger partial charge in [0.05, 0.1) is 16.9 Å². The highest BCUT2D eigenvalue weighted by Crippen LogP contribution is 2.40. The standard InChI is InChI=1S/C28H23F3N4O4/c1-34-26-18-12-21(30)22(31)13-24(18)39-15-19(26)25(33-34)27(36)35(14-16-5-3-2-4-6-16)10-9-32-23-11-17(28(37)38)7-8-20(23)29/h2-8,11-13,32H,9-10,14-15H2,1H3,(H,37,38). The van der Waals surface area contributed by atoms with Crippen molar-refractivity contribution in [2.24, 2.45) is 7.05 Å². The van der Waals surface area contributed by atoms with Gasteiger partial charge in [-0.3, -0.25) is 9.48 Å². The quantitative estimate of drug-likeness (QED) is 0.334. The van der Waals surface area contributed by atoms with Crippen LogP contribution in [0.1, 0.15) is 32.0 Å². The highest BCUT2D eigenvalue weighted by molar-refractivity contribution is 5.96. The molecule has 0 fully saturated rings. The second-order valence-corrected chi connectivity index (χ2v) is 8.99. The minimum absolute atomic E-state index is 0.00325. The van der Waals surface area contributed by atoms with Crippen LogP contribution in [0.3, 0.4) is 0 Å². The fraction of sp³-hybridized carbons (Fsp3) is 0.179. The zero-order valence-corrected chi connectivity index (χ0v) is 20.7. The topological polar surface area (TPSA) is 96.7 Å². The minimum atomic E-state index is -1.19. The van der Waals surface area contributed by atoms with Gasteiger partial charge in [0, 0.05) is 43.9 Å². The summed E-state index contributed by atoms with van der Waals surface area (Å²) in [7, 11) is 1.60. The number of amides is 1. The summed E-state index contributed by atoms with van der Waals surface area (Å²) >= 11 is 0. The number of nitrogens with one attached hydrogen (secondary N) is 1. The summed E-state index contributed by atoms with van der Waals surface area (Å²) in [6.45, 7) is 0.374. The van der Waals surface area contributed by atoms with E-state index in [9.17, 15) is 27.9 Å². The van der Waals surface area contributed by atoms with Gasteiger partial charge in [-0.2, -0.15) is 5.10 Å². The van der Waals surface area contributed by atoms with Gasteiger partial charge in [0.2, 0.25) is 0 Å². The van der Waals surface area contributed by atoms with Crippen LogP contribution < -0.4 is 10.1 Å². The Labute approximate surface area is 221 Å². The predicted molar refractivity (Wildman–Crippen MR) is 136 cm³/mol. The van der Waals surface area contributed by atoms with Gasteiger partial charge in [0.15, 0.2) is 17.3 Å². The van der Waals surface area contributed by atoms with E-state index in [1.807, 2.05) is 30.3 Å². The lowest BCUT2D eigenvalue weighted by Gasteiger charge is -2.24. The van der Waals surface area contributed by atoms with Crippen molar-refractivity contribution >= 4 is 17.6 Å². The highest BCUT2D eigenvalue weighted by atomic mass is 19.2. The van der Waals surface area contributed by atoms with E-state index in [1.165, 1.54) is 21.7 Å². The van der Waals surface area contributed by atoms with Crippen molar-refractivity contribution in [1.29, 1.82) is 0 Å². The molecular weight excluding hydrogens is 513 g/mol. The SMILES string of the molecule is Cn1nc(C(=O)N(CCNc2cc(C(=O)O)ccc2F)Cc2ccccc2)c2c1-c1cc(F)c(F)cc1OC2. The first-order chi connectivity index (χ1) is 18.7. The molecule has 39 heavy (non-hydrogen) atoms. The number of aromatic carboxylic acids is 1. The molecule has 3 aromatic carbocycles. The van der Waals surface area contributed by atoms with Crippen LogP contribution in [0, 0.1) is 17.5 Å². The molecule has 0 atom stereocenters. The van der Waals surface area contributed by atoms with Crippen molar-refractivity contribution in [3.63, 3.8) is 0 Å². The van der Waals surface area contributed by atoms with Gasteiger partial charge in [-0.15, -0.1) is 0 Å². The lowest BCUT2D eigenvalue weighted by molar-refractivity contribution is 0.0695. The van der Waals surface area contributed by atoms with Crippen molar-refractivity contribution < 1.29 is 32.6 Å². The lowest BCUT2D eigenvalue weighted by atomic mass is 10.0. The number of fused-ring (bicyclic) bond motifs is 3. The zero-order valence-electron chi connectivity index (χ0n) is 20.7. The highest BCUT2D eigenvalue weighted by Gasteiger charge is 2.31. The number of nitrogens with zero attached hydrogens (tertiary/aromatic N) is 3. The Morgan fingerprint density at radius 3 is 2.54 bits per heavy atom. The Balaban J connectivity index is 1.43. The molecule has 2 heterocycles. The van der Waals surface area contributed by atoms with E-state index >= 15 is 0 Å². The smallest absolute Gasteiger partial charge is 0.335 e. The third-order valence-electron chi connectivity index (χ3n) is 6.41. The molecule has 0 saturated heterocycles. The van der Waals surface area contributed by atoms with Gasteiger partial charge in [-0.05, 0) is 29.8 Å². The Bertz CT molecular complexity index is 1570. The van der Waals surface area contributed by atoms with E-state index in [-0.39, 0.29) is 54.5 Å². The Kier molecular flexibility index (Phi) is 6.97. The van der Waals surface area contributed by atoms with Gasteiger partial charge in [-0.25, -0.2) is 18.0 Å². The molecule has 5 rings (SSSR count). The van der Waals surface area contributed by atoms with Crippen molar-refractivity contribution in [1.82, 2.24) is 14.7 Å². The fourth-order valence-electron chi connectivity index (χ4n) is 4.52. The summed E-state index contributed by atoms with van der Waals surface area (Å²) in [5, 5.41) is 16.5. The van der Waals surface area contributed by atoms with Crippen LogP contribution in [0.25, 0.3) is 11.3 Å². The van der Waals surface area contributed by atoms with E-state index in [2.05, 4.69) is 10.4 Å². The molecule has 11 heteroatoms. The summed E-state index contributed by atoms with van der Waals surface area (Å²) in [4.78, 5) is 26.6. The van der Waals surface area contributed by atoms with Crippen LogP contribution in [0.15, 0.2) is 60.7 Å². The average Bonchev–Trinajstić information content (AvgIpc) is 3.26. The first kappa shape index (κ1) is 25.8. The Morgan fingerprint density at radius 2 is 1.79 bits per heavy atom. The van der Waals surface area contributed by atoms with Crippen molar-refractivity contribution in [3.8, 4) is 17.0 Å². The van der Waals surface area contributed by atoms with Gasteiger partial charge in [-0.1, -0.05) is 30.3 Å². The van der Waals surface area contributed by atoms with Crippen LogP contribution in [-0.4, -0.2) is 44.8 Å². The van der Waals surface area contributed by atoms with E-state index in [4.69, 9.17) is 4.74 Å². The molecule has 2 N–H and O–H groups in total. The molecule has 1 aliphatic rings. The van der Waals surface area contributed by atoms with E-state index in [0.717, 1.165) is 23.8 Å². The number of aromatic nitrogens is 2. The number of halogens is 3. The molecule has 200 valence electrons. The molecule has 1 aromatic heterocycles. The van der Waals surface area contributed by atoms with Crippen LogP contribution in [0.5, 0.6) is 5.75 Å². The van der Waals surface area contributed by atoms with Crippen LogP contribution in [0.2, 0.25) is 0 Å². The zero-order chi connectivity index (χ0) is 27.7. The number of carbonyl (C=O) groups is 2. The largest absolute Gasteiger partial charge is 0.488 e. The number of carbonyl (C=O) groups excluding carboxylic acids is 1. The third kappa shape index (κ3) is 5.15. The maximum absolute atomic E-state index is 14.3. The normalized spacial score (nSPS) is 11.8. The maximum Gasteiger partial charge on any atom is 0.335 e. The first-order valence-electron chi connectivity index (χ1n) is 12.0. The number of ether oxygens (including phenoxy) is 1. The van der Waals surface area contributed by atoms with Crippen LogP contribution >= 0.6 is 0 Å². The number of carboxylic acid groups (broad SMARTS) is 1. The van der Waals surface area contributed by atoms with Crippen molar-refractivity contribution in [3.05, 3.63) is 100 Å². The summed E-state index contributed by atoms with van der Waals surface area (Å²) in [5.74, 6) is -4.19. The third-order valence-corrected chi connectivity index (χ3v) is 6.41. The molecule has 0 radical (unpaired) electrons. The Morgan fingerprint density at radius 1 is 1.05 bits per heavy atom. The first-order valence-corrected chi connectivity index (χ1v) is 12.0. The summed E-state index contributed by atoms with van der Waals surface area (Å²) in [6.07, 6.45) is 0. The molecule has 1 amide bonds. The summed E-state index contributed by atoms with van der Waals surface area (Å²) < 4.78 is 49.2. The number of aryl methyl sites for hydroxylation is 1. The van der Waals surface area contributed by atoms with E-state index in [1.54, 1.807) is 7.05 Å². The lowest BCUT2D eigenvalue weighted by Crippen LogP contribution is -2.35. The second kappa shape index (κ2) is 10.5. The number of hydrogen-bond donors (Lipinski definition) is 2. The number of carboxylic acids is 1. The molecule has 0 spiro atoms. The molecule has 0 bridgehead atoms. The Hall–Kier alpha value is -4.80. The maximum atomic E-state index is 14.3. The molecule has 1 aliphatic heterocycles. The monoisotopic (exact) mass is 536 g/mol. The fourth-order valence-corrected chi connectivity index (χ4v) is 4.52. The molecular formula is C28H23F3N4O4. The van der Waals surface area contributed by atoms with Crippen molar-refractivity contribution in [2.75, 3.05) is 18.4 Å². The predicted octanol–water partition coefficient (Wildman–Crippen LogP) is 4.85. The van der Waals surface area contributed by atoms with Gasteiger partial charge in [0.25, 0.3) is 5.91 Å². The molecule has 4 aromatic rings. The van der Waals surface area contributed by atoms with Gasteiger partial charge < -0.3 is 20.1 Å². The van der Waals surface area contributed by atoms with E-state index < -0.39 is 29.3 Å². The summed E-state index contributed by atoms with van der Waals surface area (Å²) in [6, 6.07) is 14.6. The number of hydrogen-bond acceptors (Lipinski definition) is 5. The molecule has 0 saturated carbocycles. The number of rotatable bonds is 8. The summed E-state index contributed by atoms with van der Waals surface area (Å²) in [5.41, 5.74) is 2.03. The number of anilines is 1. The molecule has 8 nitrogen and oxygen atoms in total. The second-order valence-electron chi connectivity index (χ2n) is 8.99. The van der Waals surface area contributed by atoms with Gasteiger partial charge >= 0.3 is 5.97 Å². The van der Waals surface area contributed by atoms with Crippen LogP contribution in [0.4, 0.5) is 18.9 Å². The minimum Gasteiger partial charge on any atom is -0.488 e. The average molecular weight is 537 g/mol. The van der Waals surface area contributed by atoms with Gasteiger partial charge in [0.1, 0.15) is 18.2 Å². The van der Waals surface area contributed by atoms with Crippen molar-refractivity contribution in [2.45, 2.75) is 13.2 Å². The van der Waals surface area contributed by atoms with E-state index in [0.29, 0.717) is 11.3 Å². The molecule has 0 unspecified atom stereocenters.